The van der Waals surface area contributed by atoms with Gasteiger partial charge in [-0.25, -0.2) is 0 Å². The minimum absolute atomic E-state index is 0.00567. The molecule has 4 heteroatoms. The maximum absolute atomic E-state index is 12.4. The molecule has 1 aromatic heterocycles. The van der Waals surface area contributed by atoms with Gasteiger partial charge in [-0.1, -0.05) is 12.1 Å². The molecule has 0 aliphatic heterocycles. The van der Waals surface area contributed by atoms with Gasteiger partial charge < -0.3 is 15.6 Å². The predicted octanol–water partition coefficient (Wildman–Crippen LogP) is 2.20. The molecule has 0 saturated carbocycles. The summed E-state index contributed by atoms with van der Waals surface area (Å²) in [5.41, 5.74) is 7.85. The van der Waals surface area contributed by atoms with Gasteiger partial charge in [0.1, 0.15) is 0 Å². The molecule has 20 heavy (non-hydrogen) atoms. The standard InChI is InChI=1S/C16H21N3O/c1-16(2,13-4-6-14(17)7-5-13)15(20)18-10-12-8-9-19(3)11-12/h4-9,11H,10,17H2,1-3H3,(H,18,20). The molecule has 106 valence electrons. The Morgan fingerprint density at radius 1 is 1.25 bits per heavy atom. The van der Waals surface area contributed by atoms with E-state index in [1.165, 1.54) is 0 Å². The number of amides is 1. The Labute approximate surface area is 119 Å². The van der Waals surface area contributed by atoms with Crippen LogP contribution in [0.4, 0.5) is 5.69 Å². The third-order valence-corrected chi connectivity index (χ3v) is 3.55. The number of aryl methyl sites for hydroxylation is 1. The minimum Gasteiger partial charge on any atom is -0.399 e. The van der Waals surface area contributed by atoms with Gasteiger partial charge in [-0.2, -0.15) is 0 Å². The molecule has 0 atom stereocenters. The van der Waals surface area contributed by atoms with Crippen LogP contribution < -0.4 is 11.1 Å². The average Bonchev–Trinajstić information content (AvgIpc) is 2.82. The smallest absolute Gasteiger partial charge is 0.230 e. The summed E-state index contributed by atoms with van der Waals surface area (Å²) in [6.45, 7) is 4.37. The van der Waals surface area contributed by atoms with Crippen molar-refractivity contribution in [3.05, 3.63) is 53.9 Å². The van der Waals surface area contributed by atoms with Gasteiger partial charge >= 0.3 is 0 Å². The Morgan fingerprint density at radius 2 is 1.90 bits per heavy atom. The van der Waals surface area contributed by atoms with E-state index in [1.807, 2.05) is 68.2 Å². The summed E-state index contributed by atoms with van der Waals surface area (Å²) in [5, 5.41) is 2.98. The van der Waals surface area contributed by atoms with Gasteiger partial charge in [-0.3, -0.25) is 4.79 Å². The normalized spacial score (nSPS) is 11.3. The molecule has 2 aromatic rings. The maximum Gasteiger partial charge on any atom is 0.230 e. The van der Waals surface area contributed by atoms with Gasteiger partial charge in [0.25, 0.3) is 0 Å². The molecule has 0 aliphatic rings. The lowest BCUT2D eigenvalue weighted by atomic mass is 9.83. The quantitative estimate of drug-likeness (QED) is 0.837. The second-order valence-corrected chi connectivity index (χ2v) is 5.61. The first-order chi connectivity index (χ1) is 9.39. The van der Waals surface area contributed by atoms with Gasteiger partial charge in [-0.15, -0.1) is 0 Å². The van der Waals surface area contributed by atoms with Crippen LogP contribution in [0.3, 0.4) is 0 Å². The molecule has 0 saturated heterocycles. The van der Waals surface area contributed by atoms with Gasteiger partial charge in [0, 0.05) is 31.7 Å². The number of carbonyl (C=O) groups is 1. The number of nitrogen functional groups attached to an aromatic ring is 1. The summed E-state index contributed by atoms with van der Waals surface area (Å²) < 4.78 is 1.96. The summed E-state index contributed by atoms with van der Waals surface area (Å²) in [4.78, 5) is 12.4. The second kappa shape index (κ2) is 5.41. The van der Waals surface area contributed by atoms with Crippen molar-refractivity contribution in [1.29, 1.82) is 0 Å². The Balaban J connectivity index is 2.05. The molecule has 0 spiro atoms. The van der Waals surface area contributed by atoms with E-state index in [2.05, 4.69) is 5.32 Å². The zero-order valence-electron chi connectivity index (χ0n) is 12.2. The third kappa shape index (κ3) is 3.02. The molecule has 0 unspecified atom stereocenters. The predicted molar refractivity (Wildman–Crippen MR) is 81.1 cm³/mol. The number of nitrogens with two attached hydrogens (primary N) is 1. The van der Waals surface area contributed by atoms with Crippen molar-refractivity contribution in [2.45, 2.75) is 25.8 Å². The van der Waals surface area contributed by atoms with Gasteiger partial charge in [0.15, 0.2) is 0 Å². The van der Waals surface area contributed by atoms with Gasteiger partial charge in [-0.05, 0) is 43.2 Å². The topological polar surface area (TPSA) is 60.0 Å². The van der Waals surface area contributed by atoms with Crippen molar-refractivity contribution in [2.75, 3.05) is 5.73 Å². The monoisotopic (exact) mass is 271 g/mol. The van der Waals surface area contributed by atoms with E-state index in [0.29, 0.717) is 12.2 Å². The first-order valence-electron chi connectivity index (χ1n) is 6.65. The molecule has 0 aliphatic carbocycles. The van der Waals surface area contributed by atoms with E-state index in [1.54, 1.807) is 0 Å². The zero-order chi connectivity index (χ0) is 14.8. The summed E-state index contributed by atoms with van der Waals surface area (Å²) in [6, 6.07) is 9.44. The molecule has 2 rings (SSSR count). The van der Waals surface area contributed by atoms with Crippen LogP contribution in [0.5, 0.6) is 0 Å². The number of benzene rings is 1. The average molecular weight is 271 g/mol. The zero-order valence-corrected chi connectivity index (χ0v) is 12.2. The summed E-state index contributed by atoms with van der Waals surface area (Å²) in [7, 11) is 1.96. The fourth-order valence-corrected chi connectivity index (χ4v) is 2.10. The molecule has 0 bridgehead atoms. The van der Waals surface area contributed by atoms with E-state index in [0.717, 1.165) is 11.1 Å². The largest absolute Gasteiger partial charge is 0.399 e. The number of anilines is 1. The van der Waals surface area contributed by atoms with Crippen LogP contribution in [-0.4, -0.2) is 10.5 Å². The fraction of sp³-hybridized carbons (Fsp3) is 0.312. The summed E-state index contributed by atoms with van der Waals surface area (Å²) in [5.74, 6) is 0.00567. The number of hydrogen-bond acceptors (Lipinski definition) is 2. The lowest BCUT2D eigenvalue weighted by Gasteiger charge is -2.24. The van der Waals surface area contributed by atoms with Gasteiger partial charge in [0.2, 0.25) is 5.91 Å². The van der Waals surface area contributed by atoms with Crippen molar-refractivity contribution in [1.82, 2.24) is 9.88 Å². The Kier molecular flexibility index (Phi) is 3.84. The highest BCUT2D eigenvalue weighted by Gasteiger charge is 2.29. The summed E-state index contributed by atoms with van der Waals surface area (Å²) in [6.07, 6.45) is 3.96. The molecule has 0 fully saturated rings. The molecular formula is C16H21N3O. The lowest BCUT2D eigenvalue weighted by Crippen LogP contribution is -2.39. The molecule has 0 radical (unpaired) electrons. The number of nitrogens with one attached hydrogen (secondary N) is 1. The van der Waals surface area contributed by atoms with Crippen LogP contribution in [-0.2, 0) is 23.8 Å². The van der Waals surface area contributed by atoms with Crippen molar-refractivity contribution in [3.63, 3.8) is 0 Å². The molecule has 3 N–H and O–H groups in total. The van der Waals surface area contributed by atoms with Gasteiger partial charge in [0.05, 0.1) is 5.41 Å². The Morgan fingerprint density at radius 3 is 2.45 bits per heavy atom. The maximum atomic E-state index is 12.4. The SMILES string of the molecule is Cn1ccc(CNC(=O)C(C)(C)c2ccc(N)cc2)c1. The van der Waals surface area contributed by atoms with E-state index in [-0.39, 0.29) is 5.91 Å². The molecule has 4 nitrogen and oxygen atoms in total. The fourth-order valence-electron chi connectivity index (χ4n) is 2.10. The molecule has 1 amide bonds. The van der Waals surface area contributed by atoms with Crippen LogP contribution in [0.1, 0.15) is 25.0 Å². The van der Waals surface area contributed by atoms with Crippen molar-refractivity contribution in [2.24, 2.45) is 7.05 Å². The van der Waals surface area contributed by atoms with E-state index in [4.69, 9.17) is 5.73 Å². The first-order valence-corrected chi connectivity index (χ1v) is 6.65. The van der Waals surface area contributed by atoms with E-state index >= 15 is 0 Å². The second-order valence-electron chi connectivity index (χ2n) is 5.61. The molecule has 1 heterocycles. The number of aromatic nitrogens is 1. The van der Waals surface area contributed by atoms with Crippen LogP contribution >= 0.6 is 0 Å². The van der Waals surface area contributed by atoms with Crippen LogP contribution in [0.2, 0.25) is 0 Å². The van der Waals surface area contributed by atoms with Crippen molar-refractivity contribution >= 4 is 11.6 Å². The first kappa shape index (κ1) is 14.2. The minimum atomic E-state index is -0.581. The van der Waals surface area contributed by atoms with Crippen LogP contribution in [0.15, 0.2) is 42.7 Å². The van der Waals surface area contributed by atoms with Crippen molar-refractivity contribution in [3.8, 4) is 0 Å². The Hall–Kier alpha value is -2.23. The lowest BCUT2D eigenvalue weighted by molar-refractivity contribution is -0.125. The molecule has 1 aromatic carbocycles. The number of nitrogens with zero attached hydrogens (tertiary/aromatic N) is 1. The van der Waals surface area contributed by atoms with Crippen LogP contribution in [0.25, 0.3) is 0 Å². The highest BCUT2D eigenvalue weighted by atomic mass is 16.2. The van der Waals surface area contributed by atoms with Crippen molar-refractivity contribution < 1.29 is 4.79 Å². The Bertz CT molecular complexity index is 596. The van der Waals surface area contributed by atoms with Crippen LogP contribution in [0, 0.1) is 0 Å². The molecular weight excluding hydrogens is 250 g/mol. The van der Waals surface area contributed by atoms with E-state index < -0.39 is 5.41 Å². The highest BCUT2D eigenvalue weighted by Crippen LogP contribution is 2.24. The third-order valence-electron chi connectivity index (χ3n) is 3.55. The number of rotatable bonds is 4. The van der Waals surface area contributed by atoms with E-state index in [9.17, 15) is 4.79 Å². The highest BCUT2D eigenvalue weighted by molar-refractivity contribution is 5.87. The number of hydrogen-bond donors (Lipinski definition) is 2. The summed E-state index contributed by atoms with van der Waals surface area (Å²) >= 11 is 0. The number of carbonyl (C=O) groups excluding carboxylic acids is 1.